The summed E-state index contributed by atoms with van der Waals surface area (Å²) in [4.78, 5) is 20.4. The van der Waals surface area contributed by atoms with Crippen molar-refractivity contribution < 1.29 is 23.1 Å². The van der Waals surface area contributed by atoms with E-state index in [9.17, 15) is 13.2 Å². The number of aromatic nitrogens is 4. The first-order chi connectivity index (χ1) is 14.2. The van der Waals surface area contributed by atoms with Gasteiger partial charge in [0, 0.05) is 56.5 Å². The molecule has 0 aromatic carbocycles. The molecular formula is C19H25F3N6O2. The number of carboxylic acids is 1. The number of carbonyl (C=O) groups is 1. The van der Waals surface area contributed by atoms with E-state index >= 15 is 0 Å². The van der Waals surface area contributed by atoms with Crippen molar-refractivity contribution in [2.75, 3.05) is 18.4 Å². The number of rotatable bonds is 4. The van der Waals surface area contributed by atoms with Gasteiger partial charge in [-0.2, -0.15) is 18.3 Å². The fourth-order valence-electron chi connectivity index (χ4n) is 3.41. The molecule has 2 N–H and O–H groups in total. The topological polar surface area (TPSA) is 96.2 Å². The third-order valence-electron chi connectivity index (χ3n) is 5.23. The lowest BCUT2D eigenvalue weighted by Crippen LogP contribution is -2.28. The van der Waals surface area contributed by atoms with Crippen molar-refractivity contribution in [3.63, 3.8) is 0 Å². The molecule has 11 heteroatoms. The third kappa shape index (κ3) is 5.91. The van der Waals surface area contributed by atoms with Gasteiger partial charge in [0.25, 0.3) is 0 Å². The zero-order valence-electron chi connectivity index (χ0n) is 16.7. The molecule has 2 aromatic rings. The van der Waals surface area contributed by atoms with E-state index in [0.717, 1.165) is 38.3 Å². The van der Waals surface area contributed by atoms with E-state index < -0.39 is 12.1 Å². The Morgan fingerprint density at radius 1 is 1.27 bits per heavy atom. The summed E-state index contributed by atoms with van der Waals surface area (Å²) in [5, 5.41) is 15.0. The maximum absolute atomic E-state index is 10.6. The van der Waals surface area contributed by atoms with Crippen molar-refractivity contribution in [3.8, 4) is 0 Å². The highest BCUT2D eigenvalue weighted by atomic mass is 19.4. The number of nitrogens with zero attached hydrogens (tertiary/aromatic N) is 5. The van der Waals surface area contributed by atoms with Crippen LogP contribution >= 0.6 is 0 Å². The number of nitrogens with one attached hydrogen (secondary N) is 1. The number of hydrogen-bond acceptors (Lipinski definition) is 6. The smallest absolute Gasteiger partial charge is 0.475 e. The molecule has 0 radical (unpaired) electrons. The van der Waals surface area contributed by atoms with Gasteiger partial charge >= 0.3 is 12.1 Å². The highest BCUT2D eigenvalue weighted by Gasteiger charge is 2.38. The minimum Gasteiger partial charge on any atom is -0.475 e. The molecule has 0 saturated heterocycles. The first-order valence-electron chi connectivity index (χ1n) is 9.81. The Hall–Kier alpha value is -2.69. The zero-order valence-corrected chi connectivity index (χ0v) is 16.7. The van der Waals surface area contributed by atoms with Crippen molar-refractivity contribution in [1.29, 1.82) is 0 Å². The van der Waals surface area contributed by atoms with E-state index in [1.807, 2.05) is 17.9 Å². The second-order valence-electron chi connectivity index (χ2n) is 7.52. The van der Waals surface area contributed by atoms with Gasteiger partial charge in [0.05, 0.1) is 11.9 Å². The first kappa shape index (κ1) is 22.0. The Labute approximate surface area is 172 Å². The van der Waals surface area contributed by atoms with Gasteiger partial charge in [-0.25, -0.2) is 14.8 Å². The number of anilines is 1. The molecule has 1 aliphatic carbocycles. The number of aryl methyl sites for hydroxylation is 1. The summed E-state index contributed by atoms with van der Waals surface area (Å²) in [6.07, 6.45) is 6.59. The Morgan fingerprint density at radius 2 is 1.97 bits per heavy atom. The Kier molecular flexibility index (Phi) is 6.91. The lowest BCUT2D eigenvalue weighted by atomic mass is 9.93. The highest BCUT2D eigenvalue weighted by molar-refractivity contribution is 5.73. The second kappa shape index (κ2) is 9.41. The van der Waals surface area contributed by atoms with Crippen molar-refractivity contribution in [3.05, 3.63) is 35.5 Å². The van der Waals surface area contributed by atoms with Gasteiger partial charge in [-0.1, -0.05) is 0 Å². The molecule has 3 heterocycles. The van der Waals surface area contributed by atoms with E-state index in [0.29, 0.717) is 6.04 Å². The van der Waals surface area contributed by atoms with E-state index in [4.69, 9.17) is 9.90 Å². The van der Waals surface area contributed by atoms with E-state index in [1.165, 1.54) is 36.1 Å². The maximum atomic E-state index is 10.6. The Bertz CT molecular complexity index is 866. The first-order valence-corrected chi connectivity index (χ1v) is 9.81. The lowest BCUT2D eigenvalue weighted by molar-refractivity contribution is -0.192. The molecule has 0 unspecified atom stereocenters. The highest BCUT2D eigenvalue weighted by Crippen LogP contribution is 2.26. The summed E-state index contributed by atoms with van der Waals surface area (Å²) >= 11 is 0. The molecule has 0 amide bonds. The van der Waals surface area contributed by atoms with Gasteiger partial charge in [0.2, 0.25) is 0 Å². The summed E-state index contributed by atoms with van der Waals surface area (Å²) in [5.74, 6) is -1.68. The normalized spacial score (nSPS) is 17.2. The van der Waals surface area contributed by atoms with Crippen LogP contribution in [0.2, 0.25) is 0 Å². The SMILES string of the molecule is Cn1cc(CN2CCc3ncnc(NC4CCC4)c3CC2)cn1.O=C(O)C(F)(F)F. The molecule has 164 valence electrons. The number of alkyl halides is 3. The molecule has 0 bridgehead atoms. The van der Waals surface area contributed by atoms with Crippen molar-refractivity contribution in [2.24, 2.45) is 7.05 Å². The molecule has 1 fully saturated rings. The molecule has 1 aliphatic heterocycles. The monoisotopic (exact) mass is 426 g/mol. The zero-order chi connectivity index (χ0) is 21.7. The lowest BCUT2D eigenvalue weighted by Gasteiger charge is -2.28. The molecule has 30 heavy (non-hydrogen) atoms. The minimum atomic E-state index is -5.08. The number of fused-ring (bicyclic) bond motifs is 1. The van der Waals surface area contributed by atoms with Gasteiger partial charge < -0.3 is 10.4 Å². The number of carboxylic acid groups (broad SMARTS) is 1. The molecule has 0 atom stereocenters. The average molecular weight is 426 g/mol. The van der Waals surface area contributed by atoms with Crippen LogP contribution in [0.1, 0.15) is 36.1 Å². The van der Waals surface area contributed by atoms with Crippen molar-refractivity contribution in [2.45, 2.75) is 50.9 Å². The van der Waals surface area contributed by atoms with Crippen LogP contribution in [0.25, 0.3) is 0 Å². The second-order valence-corrected chi connectivity index (χ2v) is 7.52. The van der Waals surface area contributed by atoms with E-state index in [2.05, 4.69) is 31.5 Å². The minimum absolute atomic E-state index is 0.615. The molecule has 0 spiro atoms. The maximum Gasteiger partial charge on any atom is 0.490 e. The van der Waals surface area contributed by atoms with Gasteiger partial charge in [-0.15, -0.1) is 0 Å². The summed E-state index contributed by atoms with van der Waals surface area (Å²) in [6, 6.07) is 0.615. The predicted molar refractivity (Wildman–Crippen MR) is 103 cm³/mol. The van der Waals surface area contributed by atoms with Crippen LogP contribution in [-0.4, -0.2) is 61.0 Å². The van der Waals surface area contributed by atoms with Crippen LogP contribution in [0.15, 0.2) is 18.7 Å². The number of hydrogen-bond donors (Lipinski definition) is 2. The fourth-order valence-corrected chi connectivity index (χ4v) is 3.41. The predicted octanol–water partition coefficient (Wildman–Crippen LogP) is 2.41. The van der Waals surface area contributed by atoms with Crippen LogP contribution in [0.4, 0.5) is 19.0 Å². The van der Waals surface area contributed by atoms with Crippen molar-refractivity contribution in [1.82, 2.24) is 24.6 Å². The average Bonchev–Trinajstić information content (AvgIpc) is 2.93. The number of halogens is 3. The van der Waals surface area contributed by atoms with Crippen LogP contribution in [0.3, 0.4) is 0 Å². The molecule has 8 nitrogen and oxygen atoms in total. The van der Waals surface area contributed by atoms with Crippen molar-refractivity contribution >= 4 is 11.8 Å². The summed E-state index contributed by atoms with van der Waals surface area (Å²) < 4.78 is 33.6. The number of aliphatic carboxylic acids is 1. The van der Waals surface area contributed by atoms with Crippen LogP contribution in [-0.2, 0) is 31.2 Å². The molecular weight excluding hydrogens is 401 g/mol. The van der Waals surface area contributed by atoms with E-state index in [1.54, 1.807) is 6.33 Å². The third-order valence-corrected chi connectivity index (χ3v) is 5.23. The summed E-state index contributed by atoms with van der Waals surface area (Å²) in [5.41, 5.74) is 3.82. The van der Waals surface area contributed by atoms with Gasteiger partial charge in [-0.3, -0.25) is 9.58 Å². The molecule has 1 saturated carbocycles. The Balaban J connectivity index is 0.000000318. The van der Waals surface area contributed by atoms with Crippen LogP contribution < -0.4 is 5.32 Å². The molecule has 2 aromatic heterocycles. The summed E-state index contributed by atoms with van der Waals surface area (Å²) in [7, 11) is 1.97. The van der Waals surface area contributed by atoms with Gasteiger partial charge in [0.15, 0.2) is 0 Å². The standard InChI is InChI=1S/C17H24N6.C2HF3O2/c1-22-10-13(9-20-22)11-23-7-5-15-16(6-8-23)18-12-19-17(15)21-14-3-2-4-14;3-2(4,5)1(6)7/h9-10,12,14H,2-8,11H2,1H3,(H,18,19,21);(H,6,7). The fraction of sp³-hybridized carbons (Fsp3) is 0.579. The Morgan fingerprint density at radius 3 is 2.53 bits per heavy atom. The van der Waals surface area contributed by atoms with Gasteiger partial charge in [-0.05, 0) is 25.7 Å². The van der Waals surface area contributed by atoms with Crippen LogP contribution in [0.5, 0.6) is 0 Å². The quantitative estimate of drug-likeness (QED) is 0.775. The molecule has 4 rings (SSSR count). The molecule has 2 aliphatic rings. The largest absolute Gasteiger partial charge is 0.490 e. The summed E-state index contributed by atoms with van der Waals surface area (Å²) in [6.45, 7) is 3.05. The van der Waals surface area contributed by atoms with Crippen LogP contribution in [0, 0.1) is 0 Å². The van der Waals surface area contributed by atoms with E-state index in [-0.39, 0.29) is 0 Å². The van der Waals surface area contributed by atoms with Gasteiger partial charge in [0.1, 0.15) is 12.1 Å².